The molecule has 1 atom stereocenters. The van der Waals surface area contributed by atoms with Crippen molar-refractivity contribution in [1.82, 2.24) is 0 Å². The van der Waals surface area contributed by atoms with Gasteiger partial charge in [0.2, 0.25) is 0 Å². The van der Waals surface area contributed by atoms with Gasteiger partial charge in [0.1, 0.15) is 17.7 Å². The molecule has 0 saturated carbocycles. The fourth-order valence-electron chi connectivity index (χ4n) is 0.930. The highest BCUT2D eigenvalue weighted by molar-refractivity contribution is 5.85. The Morgan fingerprint density at radius 2 is 1.65 bits per heavy atom. The molecule has 0 radical (unpaired) electrons. The fraction of sp³-hybridized carbons (Fsp3) is 0.333. The molecule has 1 aromatic rings. The Labute approximate surface area is 101 Å². The highest BCUT2D eigenvalue weighted by atomic mass is 35.5. The standard InChI is InChI=1S/C8H6F5N.CH4O.ClH/c9-4-1-2-5(6(10)3-4)7(14)8(11,12)13;1-2;/h1-3,7H,14H2;2H,1H3;1H/t7-;;/m0../s1. The maximum Gasteiger partial charge on any atom is 0.407 e. The van der Waals surface area contributed by atoms with Crippen LogP contribution in [0.2, 0.25) is 0 Å². The van der Waals surface area contributed by atoms with Crippen LogP contribution in [-0.2, 0) is 0 Å². The second kappa shape index (κ2) is 7.41. The van der Waals surface area contributed by atoms with Gasteiger partial charge >= 0.3 is 6.18 Å². The molecule has 0 aliphatic rings. The topological polar surface area (TPSA) is 46.2 Å². The highest BCUT2D eigenvalue weighted by Crippen LogP contribution is 2.31. The molecule has 0 unspecified atom stereocenters. The molecule has 0 aromatic heterocycles. The molecule has 100 valence electrons. The molecule has 17 heavy (non-hydrogen) atoms. The number of nitrogens with two attached hydrogens (primary N) is 1. The number of alkyl halides is 3. The minimum absolute atomic E-state index is 0. The summed E-state index contributed by atoms with van der Waals surface area (Å²) in [4.78, 5) is 0. The van der Waals surface area contributed by atoms with E-state index in [0.29, 0.717) is 12.1 Å². The highest BCUT2D eigenvalue weighted by Gasteiger charge is 2.39. The lowest BCUT2D eigenvalue weighted by Gasteiger charge is -2.16. The smallest absolute Gasteiger partial charge is 0.400 e. The summed E-state index contributed by atoms with van der Waals surface area (Å²) < 4.78 is 61.2. The lowest BCUT2D eigenvalue weighted by Crippen LogP contribution is -2.29. The van der Waals surface area contributed by atoms with Crippen molar-refractivity contribution in [2.75, 3.05) is 7.11 Å². The Hall–Kier alpha value is -0.920. The zero-order valence-electron chi connectivity index (χ0n) is 8.63. The van der Waals surface area contributed by atoms with Crippen molar-refractivity contribution in [3.05, 3.63) is 35.4 Å². The summed E-state index contributed by atoms with van der Waals surface area (Å²) in [6.45, 7) is 0. The second-order valence-electron chi connectivity index (χ2n) is 2.69. The largest absolute Gasteiger partial charge is 0.407 e. The molecule has 0 fully saturated rings. The third-order valence-corrected chi connectivity index (χ3v) is 1.65. The Morgan fingerprint density at radius 1 is 1.18 bits per heavy atom. The Balaban J connectivity index is 0. The average Bonchev–Trinajstić information content (AvgIpc) is 2.18. The van der Waals surface area contributed by atoms with E-state index in [1.807, 2.05) is 0 Å². The third-order valence-electron chi connectivity index (χ3n) is 1.65. The molecule has 0 saturated heterocycles. The second-order valence-corrected chi connectivity index (χ2v) is 2.69. The van der Waals surface area contributed by atoms with E-state index in [1.165, 1.54) is 0 Å². The number of hydrogen-bond donors (Lipinski definition) is 2. The first-order chi connectivity index (χ1) is 7.32. The third kappa shape index (κ3) is 5.29. The van der Waals surface area contributed by atoms with E-state index in [0.717, 1.165) is 13.2 Å². The first kappa shape index (κ1) is 18.4. The fourth-order valence-corrected chi connectivity index (χ4v) is 0.930. The Kier molecular flexibility index (Phi) is 8.04. The van der Waals surface area contributed by atoms with Gasteiger partial charge in [-0.15, -0.1) is 12.4 Å². The molecule has 1 rings (SSSR count). The van der Waals surface area contributed by atoms with E-state index in [1.54, 1.807) is 0 Å². The molecule has 0 aliphatic heterocycles. The van der Waals surface area contributed by atoms with Crippen LogP contribution in [0.3, 0.4) is 0 Å². The monoisotopic (exact) mass is 279 g/mol. The van der Waals surface area contributed by atoms with E-state index in [4.69, 9.17) is 10.8 Å². The van der Waals surface area contributed by atoms with Gasteiger partial charge in [-0.05, 0) is 6.07 Å². The van der Waals surface area contributed by atoms with E-state index in [9.17, 15) is 22.0 Å². The van der Waals surface area contributed by atoms with Crippen LogP contribution in [0.4, 0.5) is 22.0 Å². The summed E-state index contributed by atoms with van der Waals surface area (Å²) in [7, 11) is 1.00. The summed E-state index contributed by atoms with van der Waals surface area (Å²) in [5.74, 6) is -2.24. The maximum absolute atomic E-state index is 12.8. The van der Waals surface area contributed by atoms with Crippen LogP contribution in [0.25, 0.3) is 0 Å². The van der Waals surface area contributed by atoms with Gasteiger partial charge in [-0.25, -0.2) is 8.78 Å². The number of benzene rings is 1. The minimum Gasteiger partial charge on any atom is -0.400 e. The van der Waals surface area contributed by atoms with Gasteiger partial charge in [-0.3, -0.25) is 0 Å². The van der Waals surface area contributed by atoms with Crippen LogP contribution >= 0.6 is 12.4 Å². The van der Waals surface area contributed by atoms with Crippen molar-refractivity contribution >= 4 is 12.4 Å². The molecule has 0 spiro atoms. The number of rotatable bonds is 1. The summed E-state index contributed by atoms with van der Waals surface area (Å²) in [5, 5.41) is 7.00. The van der Waals surface area contributed by atoms with Crippen LogP contribution in [0.15, 0.2) is 18.2 Å². The number of aliphatic hydroxyl groups excluding tert-OH is 1. The first-order valence-electron chi connectivity index (χ1n) is 4.04. The lowest BCUT2D eigenvalue weighted by molar-refractivity contribution is -0.149. The van der Waals surface area contributed by atoms with Crippen molar-refractivity contribution in [3.63, 3.8) is 0 Å². The normalized spacial score (nSPS) is 12.0. The van der Waals surface area contributed by atoms with Crippen molar-refractivity contribution in [2.45, 2.75) is 12.2 Å². The zero-order valence-corrected chi connectivity index (χ0v) is 9.45. The van der Waals surface area contributed by atoms with Gasteiger partial charge in [0.05, 0.1) is 0 Å². The minimum atomic E-state index is -4.74. The molecule has 1 aromatic carbocycles. The van der Waals surface area contributed by atoms with Crippen LogP contribution in [0.1, 0.15) is 11.6 Å². The van der Waals surface area contributed by atoms with Crippen LogP contribution < -0.4 is 5.73 Å². The summed E-state index contributed by atoms with van der Waals surface area (Å²) in [5.41, 5.74) is 3.97. The quantitative estimate of drug-likeness (QED) is 0.776. The summed E-state index contributed by atoms with van der Waals surface area (Å²) >= 11 is 0. The predicted molar refractivity (Wildman–Crippen MR) is 54.7 cm³/mol. The Morgan fingerprint density at radius 3 is 2.00 bits per heavy atom. The lowest BCUT2D eigenvalue weighted by atomic mass is 10.1. The van der Waals surface area contributed by atoms with Crippen molar-refractivity contribution in [3.8, 4) is 0 Å². The molecule has 0 aliphatic carbocycles. The number of halogens is 6. The average molecular weight is 280 g/mol. The van der Waals surface area contributed by atoms with Crippen molar-refractivity contribution in [2.24, 2.45) is 5.73 Å². The summed E-state index contributed by atoms with van der Waals surface area (Å²) in [6, 6.07) is -0.656. The first-order valence-corrected chi connectivity index (χ1v) is 4.04. The van der Waals surface area contributed by atoms with Gasteiger partial charge in [-0.2, -0.15) is 13.2 Å². The van der Waals surface area contributed by atoms with Crippen LogP contribution in [0.5, 0.6) is 0 Å². The van der Waals surface area contributed by atoms with Crippen molar-refractivity contribution in [1.29, 1.82) is 0 Å². The predicted octanol–water partition coefficient (Wildman–Crippen LogP) is 2.56. The summed E-state index contributed by atoms with van der Waals surface area (Å²) in [6.07, 6.45) is -4.74. The molecular formula is C9H11ClF5NO. The van der Waals surface area contributed by atoms with Crippen LogP contribution in [-0.4, -0.2) is 18.4 Å². The van der Waals surface area contributed by atoms with Gasteiger partial charge < -0.3 is 10.8 Å². The number of aliphatic hydroxyl groups is 1. The van der Waals surface area contributed by atoms with Gasteiger partial charge in [-0.1, -0.05) is 6.07 Å². The molecule has 2 nitrogen and oxygen atoms in total. The van der Waals surface area contributed by atoms with E-state index in [2.05, 4.69) is 0 Å². The zero-order chi connectivity index (χ0) is 12.9. The van der Waals surface area contributed by atoms with Gasteiger partial charge in [0, 0.05) is 18.7 Å². The van der Waals surface area contributed by atoms with E-state index < -0.39 is 29.4 Å². The molecular weight excluding hydrogens is 269 g/mol. The maximum atomic E-state index is 12.8. The SMILES string of the molecule is CO.Cl.N[C@@H](c1ccc(F)cc1F)C(F)(F)F. The van der Waals surface area contributed by atoms with E-state index >= 15 is 0 Å². The van der Waals surface area contributed by atoms with Crippen LogP contribution in [0, 0.1) is 11.6 Å². The molecule has 0 bridgehead atoms. The molecule has 0 heterocycles. The number of hydrogen-bond acceptors (Lipinski definition) is 2. The van der Waals surface area contributed by atoms with E-state index in [-0.39, 0.29) is 12.4 Å². The van der Waals surface area contributed by atoms with Crippen molar-refractivity contribution < 1.29 is 27.1 Å². The Bertz CT molecular complexity index is 345. The molecule has 8 heteroatoms. The van der Waals surface area contributed by atoms with Gasteiger partial charge in [0.15, 0.2) is 0 Å². The molecule has 0 amide bonds. The van der Waals surface area contributed by atoms with Gasteiger partial charge in [0.25, 0.3) is 0 Å². The molecule has 3 N–H and O–H groups in total.